The molecule has 2 heteroatoms. The van der Waals surface area contributed by atoms with Crippen LogP contribution in [0, 0.1) is 0 Å². The van der Waals surface area contributed by atoms with Crippen LogP contribution in [0.3, 0.4) is 0 Å². The van der Waals surface area contributed by atoms with Crippen LogP contribution >= 0.6 is 0 Å². The minimum atomic E-state index is -0.0363. The van der Waals surface area contributed by atoms with Crippen LogP contribution in [-0.4, -0.2) is 17.8 Å². The van der Waals surface area contributed by atoms with Crippen molar-refractivity contribution in [3.63, 3.8) is 0 Å². The Hall–Kier alpha value is -0.860. The number of hydrogen-bond donors (Lipinski definition) is 2. The summed E-state index contributed by atoms with van der Waals surface area (Å²) in [4.78, 5) is 0. The summed E-state index contributed by atoms with van der Waals surface area (Å²) in [6.45, 7) is 0.103. The van der Waals surface area contributed by atoms with E-state index in [0.717, 1.165) is 25.7 Å². The standard InChI is InChI=1S/C12H19NO/c13-12(10-14)9-5-4-8-11-6-2-1-3-7-11/h1-3,6-7,12,14H,4-5,8-10,13H2. The topological polar surface area (TPSA) is 46.2 Å². The number of benzene rings is 1. The molecule has 1 atom stereocenters. The van der Waals surface area contributed by atoms with E-state index in [1.165, 1.54) is 5.56 Å². The maximum atomic E-state index is 8.73. The lowest BCUT2D eigenvalue weighted by Gasteiger charge is -2.06. The van der Waals surface area contributed by atoms with E-state index >= 15 is 0 Å². The van der Waals surface area contributed by atoms with Gasteiger partial charge in [0.25, 0.3) is 0 Å². The Morgan fingerprint density at radius 1 is 1.14 bits per heavy atom. The fourth-order valence-corrected chi connectivity index (χ4v) is 1.47. The molecule has 0 aliphatic heterocycles. The molecule has 0 amide bonds. The van der Waals surface area contributed by atoms with E-state index in [4.69, 9.17) is 10.8 Å². The lowest BCUT2D eigenvalue weighted by Crippen LogP contribution is -2.23. The first-order valence-electron chi connectivity index (χ1n) is 5.23. The van der Waals surface area contributed by atoms with Gasteiger partial charge in [-0.15, -0.1) is 0 Å². The molecule has 0 spiro atoms. The molecule has 1 rings (SSSR count). The second-order valence-corrected chi connectivity index (χ2v) is 3.67. The van der Waals surface area contributed by atoms with Crippen LogP contribution in [0.2, 0.25) is 0 Å². The van der Waals surface area contributed by atoms with Gasteiger partial charge in [-0.25, -0.2) is 0 Å². The molecule has 0 saturated carbocycles. The molecular formula is C12H19NO. The second kappa shape index (κ2) is 6.57. The van der Waals surface area contributed by atoms with Gasteiger partial charge in [-0.2, -0.15) is 0 Å². The smallest absolute Gasteiger partial charge is 0.0582 e. The summed E-state index contributed by atoms with van der Waals surface area (Å²) in [5, 5.41) is 8.73. The summed E-state index contributed by atoms with van der Waals surface area (Å²) in [5.41, 5.74) is 6.98. The first-order valence-corrected chi connectivity index (χ1v) is 5.23. The summed E-state index contributed by atoms with van der Waals surface area (Å²) in [7, 11) is 0. The maximum absolute atomic E-state index is 8.73. The lowest BCUT2D eigenvalue weighted by atomic mass is 10.1. The molecule has 0 aliphatic rings. The molecule has 0 fully saturated rings. The van der Waals surface area contributed by atoms with Crippen molar-refractivity contribution in [3.8, 4) is 0 Å². The summed E-state index contributed by atoms with van der Waals surface area (Å²) in [5.74, 6) is 0. The molecule has 0 saturated heterocycles. The highest BCUT2D eigenvalue weighted by atomic mass is 16.3. The molecule has 0 bridgehead atoms. The maximum Gasteiger partial charge on any atom is 0.0582 e. The van der Waals surface area contributed by atoms with Crippen molar-refractivity contribution >= 4 is 0 Å². The van der Waals surface area contributed by atoms with Crippen LogP contribution in [0.25, 0.3) is 0 Å². The third kappa shape index (κ3) is 4.40. The van der Waals surface area contributed by atoms with Crippen LogP contribution in [0.4, 0.5) is 0 Å². The number of rotatable bonds is 6. The van der Waals surface area contributed by atoms with Gasteiger partial charge in [0, 0.05) is 6.04 Å². The molecular weight excluding hydrogens is 174 g/mol. The lowest BCUT2D eigenvalue weighted by molar-refractivity contribution is 0.257. The molecule has 1 aromatic carbocycles. The summed E-state index contributed by atoms with van der Waals surface area (Å²) < 4.78 is 0. The molecule has 3 N–H and O–H groups in total. The van der Waals surface area contributed by atoms with E-state index in [-0.39, 0.29) is 12.6 Å². The molecule has 14 heavy (non-hydrogen) atoms. The van der Waals surface area contributed by atoms with Gasteiger partial charge in [0.2, 0.25) is 0 Å². The van der Waals surface area contributed by atoms with E-state index in [1.807, 2.05) is 6.07 Å². The zero-order chi connectivity index (χ0) is 10.2. The molecule has 1 aromatic rings. The fraction of sp³-hybridized carbons (Fsp3) is 0.500. The predicted molar refractivity (Wildman–Crippen MR) is 59.1 cm³/mol. The Kier molecular flexibility index (Phi) is 5.27. The largest absolute Gasteiger partial charge is 0.395 e. The normalized spacial score (nSPS) is 12.7. The highest BCUT2D eigenvalue weighted by molar-refractivity contribution is 5.14. The fourth-order valence-electron chi connectivity index (χ4n) is 1.47. The van der Waals surface area contributed by atoms with Crippen molar-refractivity contribution in [2.75, 3.05) is 6.61 Å². The highest BCUT2D eigenvalue weighted by Gasteiger charge is 1.99. The van der Waals surface area contributed by atoms with Crippen LogP contribution in [0.5, 0.6) is 0 Å². The Bertz CT molecular complexity index is 235. The predicted octanol–water partition coefficient (Wildman–Crippen LogP) is 1.72. The first-order chi connectivity index (χ1) is 6.83. The van der Waals surface area contributed by atoms with Crippen molar-refractivity contribution < 1.29 is 5.11 Å². The van der Waals surface area contributed by atoms with Gasteiger partial charge < -0.3 is 10.8 Å². The van der Waals surface area contributed by atoms with Crippen LogP contribution in [-0.2, 0) is 6.42 Å². The molecule has 0 heterocycles. The van der Waals surface area contributed by atoms with Crippen molar-refractivity contribution in [2.45, 2.75) is 31.7 Å². The Balaban J connectivity index is 2.10. The zero-order valence-corrected chi connectivity index (χ0v) is 8.52. The van der Waals surface area contributed by atoms with E-state index in [9.17, 15) is 0 Å². The van der Waals surface area contributed by atoms with Gasteiger partial charge in [0.05, 0.1) is 6.61 Å². The second-order valence-electron chi connectivity index (χ2n) is 3.67. The van der Waals surface area contributed by atoms with Crippen LogP contribution in [0.1, 0.15) is 24.8 Å². The zero-order valence-electron chi connectivity index (χ0n) is 8.52. The molecule has 78 valence electrons. The number of nitrogens with two attached hydrogens (primary N) is 1. The number of unbranched alkanes of at least 4 members (excludes halogenated alkanes) is 1. The SMILES string of the molecule is NC(CO)CCCCc1ccccc1. The summed E-state index contributed by atoms with van der Waals surface area (Å²) in [6.07, 6.45) is 4.27. The molecule has 1 unspecified atom stereocenters. The number of hydrogen-bond acceptors (Lipinski definition) is 2. The van der Waals surface area contributed by atoms with Gasteiger partial charge in [-0.3, -0.25) is 0 Å². The third-order valence-electron chi connectivity index (χ3n) is 2.37. The van der Waals surface area contributed by atoms with Crippen molar-refractivity contribution in [1.29, 1.82) is 0 Å². The average Bonchev–Trinajstić information content (AvgIpc) is 2.25. The van der Waals surface area contributed by atoms with Crippen molar-refractivity contribution in [3.05, 3.63) is 35.9 Å². The number of aliphatic hydroxyl groups is 1. The highest BCUT2D eigenvalue weighted by Crippen LogP contribution is 2.06. The first kappa shape index (κ1) is 11.2. The molecule has 0 aliphatic carbocycles. The minimum absolute atomic E-state index is 0.0363. The van der Waals surface area contributed by atoms with Crippen molar-refractivity contribution in [2.24, 2.45) is 5.73 Å². The Morgan fingerprint density at radius 3 is 2.50 bits per heavy atom. The van der Waals surface area contributed by atoms with Gasteiger partial charge in [0.1, 0.15) is 0 Å². The van der Waals surface area contributed by atoms with Gasteiger partial charge in [0.15, 0.2) is 0 Å². The van der Waals surface area contributed by atoms with Gasteiger partial charge >= 0.3 is 0 Å². The quantitative estimate of drug-likeness (QED) is 0.676. The molecule has 0 radical (unpaired) electrons. The van der Waals surface area contributed by atoms with Gasteiger partial charge in [-0.1, -0.05) is 36.8 Å². The van der Waals surface area contributed by atoms with E-state index in [1.54, 1.807) is 0 Å². The summed E-state index contributed by atoms with van der Waals surface area (Å²) in [6, 6.07) is 10.4. The van der Waals surface area contributed by atoms with Crippen LogP contribution < -0.4 is 5.73 Å². The average molecular weight is 193 g/mol. The number of aliphatic hydroxyl groups excluding tert-OH is 1. The molecule has 0 aromatic heterocycles. The van der Waals surface area contributed by atoms with Gasteiger partial charge in [-0.05, 0) is 24.8 Å². The van der Waals surface area contributed by atoms with E-state index in [2.05, 4.69) is 24.3 Å². The van der Waals surface area contributed by atoms with E-state index < -0.39 is 0 Å². The number of aryl methyl sites for hydroxylation is 1. The monoisotopic (exact) mass is 193 g/mol. The molecule has 2 nitrogen and oxygen atoms in total. The minimum Gasteiger partial charge on any atom is -0.395 e. The van der Waals surface area contributed by atoms with E-state index in [0.29, 0.717) is 0 Å². The van der Waals surface area contributed by atoms with Crippen LogP contribution in [0.15, 0.2) is 30.3 Å². The summed E-state index contributed by atoms with van der Waals surface area (Å²) >= 11 is 0. The Labute approximate surface area is 85.8 Å². The third-order valence-corrected chi connectivity index (χ3v) is 2.37. The van der Waals surface area contributed by atoms with Crippen molar-refractivity contribution in [1.82, 2.24) is 0 Å². The Morgan fingerprint density at radius 2 is 1.86 bits per heavy atom.